The lowest BCUT2D eigenvalue weighted by molar-refractivity contribution is 0.295. The number of nitrogens with zero attached hydrogens (tertiary/aromatic N) is 3. The van der Waals surface area contributed by atoms with Crippen molar-refractivity contribution >= 4 is 16.7 Å². The molecule has 2 heterocycles. The van der Waals surface area contributed by atoms with Gasteiger partial charge in [-0.15, -0.1) is 0 Å². The molecule has 0 saturated carbocycles. The fourth-order valence-electron chi connectivity index (χ4n) is 3.95. The Bertz CT molecular complexity index is 930. The molecule has 1 aromatic heterocycles. The summed E-state index contributed by atoms with van der Waals surface area (Å²) in [6.07, 6.45) is 4.96. The first-order valence-corrected chi connectivity index (χ1v) is 10.1. The van der Waals surface area contributed by atoms with Crippen molar-refractivity contribution in [1.82, 2.24) is 9.97 Å². The molecule has 0 bridgehead atoms. The second-order valence-electron chi connectivity index (χ2n) is 7.26. The number of hydrogen-bond donors (Lipinski definition) is 0. The van der Waals surface area contributed by atoms with E-state index in [1.54, 1.807) is 13.4 Å². The predicted molar refractivity (Wildman–Crippen MR) is 113 cm³/mol. The lowest BCUT2D eigenvalue weighted by Crippen LogP contribution is -2.35. The third-order valence-electron chi connectivity index (χ3n) is 5.35. The normalized spacial score (nSPS) is 16.9. The molecule has 5 heteroatoms. The van der Waals surface area contributed by atoms with Gasteiger partial charge in [0, 0.05) is 30.5 Å². The van der Waals surface area contributed by atoms with Gasteiger partial charge in [-0.1, -0.05) is 37.3 Å². The van der Waals surface area contributed by atoms with Crippen molar-refractivity contribution in [3.63, 3.8) is 0 Å². The van der Waals surface area contributed by atoms with Crippen LogP contribution >= 0.6 is 0 Å². The summed E-state index contributed by atoms with van der Waals surface area (Å²) in [6.45, 7) is 4.73. The average Bonchev–Trinajstić information content (AvgIpc) is 2.77. The van der Waals surface area contributed by atoms with E-state index in [9.17, 15) is 0 Å². The Labute approximate surface area is 166 Å². The Balaban J connectivity index is 1.69. The SMILES string of the molecule is CCCOc1cc2c(N3CCCC(c4ccccc4)C3)ncnc2cc1OC. The Morgan fingerprint density at radius 3 is 2.75 bits per heavy atom. The van der Waals surface area contributed by atoms with Crippen LogP contribution in [0.15, 0.2) is 48.8 Å². The van der Waals surface area contributed by atoms with Crippen LogP contribution in [0.4, 0.5) is 5.82 Å². The minimum atomic E-state index is 0.522. The highest BCUT2D eigenvalue weighted by Gasteiger charge is 2.24. The lowest BCUT2D eigenvalue weighted by Gasteiger charge is -2.34. The van der Waals surface area contributed by atoms with Gasteiger partial charge in [-0.25, -0.2) is 9.97 Å². The Morgan fingerprint density at radius 2 is 1.96 bits per heavy atom. The number of anilines is 1. The van der Waals surface area contributed by atoms with E-state index in [-0.39, 0.29) is 0 Å². The molecule has 1 atom stereocenters. The number of rotatable bonds is 6. The third-order valence-corrected chi connectivity index (χ3v) is 5.35. The number of ether oxygens (including phenoxy) is 2. The predicted octanol–water partition coefficient (Wildman–Crippen LogP) is 4.81. The Kier molecular flexibility index (Phi) is 5.60. The summed E-state index contributed by atoms with van der Waals surface area (Å²) in [5.41, 5.74) is 2.28. The van der Waals surface area contributed by atoms with Crippen LogP contribution in [0.3, 0.4) is 0 Å². The van der Waals surface area contributed by atoms with E-state index in [4.69, 9.17) is 9.47 Å². The van der Waals surface area contributed by atoms with Crippen LogP contribution in [0, 0.1) is 0 Å². The summed E-state index contributed by atoms with van der Waals surface area (Å²) in [4.78, 5) is 11.5. The van der Waals surface area contributed by atoms with Crippen LogP contribution < -0.4 is 14.4 Å². The largest absolute Gasteiger partial charge is 0.493 e. The zero-order chi connectivity index (χ0) is 19.3. The molecule has 0 N–H and O–H groups in total. The number of hydrogen-bond acceptors (Lipinski definition) is 5. The van der Waals surface area contributed by atoms with Crippen LogP contribution in [0.25, 0.3) is 10.9 Å². The summed E-state index contributed by atoms with van der Waals surface area (Å²) < 4.78 is 11.4. The van der Waals surface area contributed by atoms with E-state index in [1.807, 2.05) is 12.1 Å². The molecule has 1 saturated heterocycles. The highest BCUT2D eigenvalue weighted by atomic mass is 16.5. The standard InChI is InChI=1S/C23H27N3O2/c1-3-12-28-22-13-19-20(14-21(22)27-2)24-16-25-23(19)26-11-7-10-18(15-26)17-8-5-4-6-9-17/h4-6,8-9,13-14,16,18H,3,7,10-12,15H2,1-2H3. The minimum absolute atomic E-state index is 0.522. The molecular formula is C23H27N3O2. The Hall–Kier alpha value is -2.82. The summed E-state index contributed by atoms with van der Waals surface area (Å²) >= 11 is 0. The van der Waals surface area contributed by atoms with Crippen molar-refractivity contribution in [2.75, 3.05) is 31.7 Å². The second-order valence-corrected chi connectivity index (χ2v) is 7.26. The average molecular weight is 377 g/mol. The number of aromatic nitrogens is 2. The van der Waals surface area contributed by atoms with E-state index in [2.05, 4.69) is 52.1 Å². The van der Waals surface area contributed by atoms with E-state index in [1.165, 1.54) is 12.0 Å². The quantitative estimate of drug-likeness (QED) is 0.617. The molecule has 1 aliphatic rings. The molecule has 146 valence electrons. The smallest absolute Gasteiger partial charge is 0.162 e. The number of methoxy groups -OCH3 is 1. The van der Waals surface area contributed by atoms with E-state index in [0.717, 1.165) is 48.4 Å². The highest BCUT2D eigenvalue weighted by molar-refractivity contribution is 5.92. The molecule has 0 radical (unpaired) electrons. The molecule has 1 unspecified atom stereocenters. The summed E-state index contributed by atoms with van der Waals surface area (Å²) in [7, 11) is 1.66. The molecular weight excluding hydrogens is 350 g/mol. The molecule has 2 aromatic carbocycles. The van der Waals surface area contributed by atoms with Crippen LogP contribution in [0.2, 0.25) is 0 Å². The molecule has 1 fully saturated rings. The monoisotopic (exact) mass is 377 g/mol. The fourth-order valence-corrected chi connectivity index (χ4v) is 3.95. The van der Waals surface area contributed by atoms with Crippen LogP contribution in [0.5, 0.6) is 11.5 Å². The number of piperidine rings is 1. The van der Waals surface area contributed by atoms with Crippen molar-refractivity contribution in [3.05, 3.63) is 54.4 Å². The maximum absolute atomic E-state index is 5.92. The molecule has 0 spiro atoms. The van der Waals surface area contributed by atoms with Gasteiger partial charge in [0.2, 0.25) is 0 Å². The van der Waals surface area contributed by atoms with Gasteiger partial charge in [-0.05, 0) is 30.9 Å². The first-order valence-electron chi connectivity index (χ1n) is 10.1. The van der Waals surface area contributed by atoms with Gasteiger partial charge in [0.05, 0.1) is 19.2 Å². The first-order chi connectivity index (χ1) is 13.8. The maximum Gasteiger partial charge on any atom is 0.162 e. The van der Waals surface area contributed by atoms with Gasteiger partial charge in [0.1, 0.15) is 12.1 Å². The van der Waals surface area contributed by atoms with E-state index < -0.39 is 0 Å². The van der Waals surface area contributed by atoms with Crippen molar-refractivity contribution in [2.45, 2.75) is 32.1 Å². The van der Waals surface area contributed by atoms with E-state index >= 15 is 0 Å². The summed E-state index contributed by atoms with van der Waals surface area (Å²) in [5.74, 6) is 2.97. The second kappa shape index (κ2) is 8.46. The fraction of sp³-hybridized carbons (Fsp3) is 0.391. The van der Waals surface area contributed by atoms with Gasteiger partial charge in [0.25, 0.3) is 0 Å². The van der Waals surface area contributed by atoms with Crippen molar-refractivity contribution in [1.29, 1.82) is 0 Å². The first kappa shape index (κ1) is 18.5. The molecule has 5 nitrogen and oxygen atoms in total. The molecule has 0 aliphatic carbocycles. The van der Waals surface area contributed by atoms with Crippen molar-refractivity contribution in [2.24, 2.45) is 0 Å². The topological polar surface area (TPSA) is 47.5 Å². The van der Waals surface area contributed by atoms with E-state index in [0.29, 0.717) is 18.3 Å². The molecule has 1 aliphatic heterocycles. The highest BCUT2D eigenvalue weighted by Crippen LogP contribution is 2.37. The third kappa shape index (κ3) is 3.75. The molecule has 0 amide bonds. The molecule has 28 heavy (non-hydrogen) atoms. The van der Waals surface area contributed by atoms with Crippen molar-refractivity contribution in [3.8, 4) is 11.5 Å². The maximum atomic E-state index is 5.92. The van der Waals surface area contributed by atoms with Crippen LogP contribution in [0.1, 0.15) is 37.7 Å². The van der Waals surface area contributed by atoms with Gasteiger partial charge in [-0.3, -0.25) is 0 Å². The zero-order valence-corrected chi connectivity index (χ0v) is 16.6. The number of fused-ring (bicyclic) bond motifs is 1. The molecule has 3 aromatic rings. The van der Waals surface area contributed by atoms with Gasteiger partial charge in [-0.2, -0.15) is 0 Å². The Morgan fingerprint density at radius 1 is 1.11 bits per heavy atom. The van der Waals surface area contributed by atoms with Crippen LogP contribution in [-0.4, -0.2) is 36.8 Å². The number of benzene rings is 2. The van der Waals surface area contributed by atoms with Gasteiger partial charge in [0.15, 0.2) is 11.5 Å². The zero-order valence-electron chi connectivity index (χ0n) is 16.6. The summed E-state index contributed by atoms with van der Waals surface area (Å²) in [5, 5.41) is 1.02. The summed E-state index contributed by atoms with van der Waals surface area (Å²) in [6, 6.07) is 14.8. The van der Waals surface area contributed by atoms with Gasteiger partial charge >= 0.3 is 0 Å². The van der Waals surface area contributed by atoms with Crippen molar-refractivity contribution < 1.29 is 9.47 Å². The lowest BCUT2D eigenvalue weighted by atomic mass is 9.90. The van der Waals surface area contributed by atoms with Gasteiger partial charge < -0.3 is 14.4 Å². The molecule has 4 rings (SSSR count). The minimum Gasteiger partial charge on any atom is -0.493 e. The van der Waals surface area contributed by atoms with Crippen LogP contribution in [-0.2, 0) is 0 Å².